The van der Waals surface area contributed by atoms with E-state index >= 15 is 0 Å². The van der Waals surface area contributed by atoms with Gasteiger partial charge in [0, 0.05) is 30.6 Å². The third-order valence-electron chi connectivity index (χ3n) is 2.75. The van der Waals surface area contributed by atoms with Crippen LogP contribution in [0, 0.1) is 0 Å². The number of halogens is 1. The Hall–Kier alpha value is -1.46. The molecule has 5 nitrogen and oxygen atoms in total. The molecule has 2 N–H and O–H groups in total. The van der Waals surface area contributed by atoms with Crippen molar-refractivity contribution in [3.63, 3.8) is 0 Å². The molecule has 0 heterocycles. The second-order valence-corrected chi connectivity index (χ2v) is 6.07. The fraction of sp³-hybridized carbons (Fsp3) is 0.533. The first-order chi connectivity index (χ1) is 9.76. The Morgan fingerprint density at radius 2 is 1.76 bits per heavy atom. The van der Waals surface area contributed by atoms with Gasteiger partial charge in [-0.25, -0.2) is 0 Å². The molecule has 1 amide bonds. The van der Waals surface area contributed by atoms with E-state index in [1.165, 1.54) is 14.2 Å². The van der Waals surface area contributed by atoms with Crippen molar-refractivity contribution < 1.29 is 14.3 Å². The molecule has 0 aliphatic heterocycles. The summed E-state index contributed by atoms with van der Waals surface area (Å²) in [4.78, 5) is 11.9. The van der Waals surface area contributed by atoms with Crippen LogP contribution in [0.15, 0.2) is 12.1 Å². The van der Waals surface area contributed by atoms with E-state index in [1.54, 1.807) is 12.1 Å². The minimum atomic E-state index is -0.110. The lowest BCUT2D eigenvalue weighted by Gasteiger charge is -2.20. The van der Waals surface area contributed by atoms with Crippen LogP contribution in [0.4, 0.5) is 5.69 Å². The van der Waals surface area contributed by atoms with Crippen LogP contribution in [0.2, 0.25) is 5.02 Å². The number of methoxy groups -OCH3 is 2. The zero-order valence-corrected chi connectivity index (χ0v) is 13.9. The lowest BCUT2D eigenvalue weighted by Crippen LogP contribution is -2.37. The number of ether oxygens (including phenoxy) is 2. The summed E-state index contributed by atoms with van der Waals surface area (Å²) in [5, 5.41) is 6.44. The molecule has 1 aromatic carbocycles. The molecule has 0 aliphatic carbocycles. The zero-order valence-electron chi connectivity index (χ0n) is 13.2. The summed E-state index contributed by atoms with van der Waals surface area (Å²) in [5.74, 6) is 0.931. The van der Waals surface area contributed by atoms with Crippen molar-refractivity contribution in [2.24, 2.45) is 0 Å². The first-order valence-corrected chi connectivity index (χ1v) is 7.11. The van der Waals surface area contributed by atoms with Crippen LogP contribution in [-0.2, 0) is 4.79 Å². The second-order valence-electron chi connectivity index (χ2n) is 5.66. The van der Waals surface area contributed by atoms with Gasteiger partial charge in [0.25, 0.3) is 0 Å². The molecule has 0 saturated carbocycles. The van der Waals surface area contributed by atoms with E-state index in [0.29, 0.717) is 35.2 Å². The van der Waals surface area contributed by atoms with Gasteiger partial charge in [-0.3, -0.25) is 4.79 Å². The highest BCUT2D eigenvalue weighted by molar-refractivity contribution is 6.34. The summed E-state index contributed by atoms with van der Waals surface area (Å²) in [5.41, 5.74) is 0.497. The van der Waals surface area contributed by atoms with E-state index in [2.05, 4.69) is 31.4 Å². The SMILES string of the molecule is COc1cc(Cl)c(NC(=O)CCNC(C)(C)C)cc1OC. The fourth-order valence-electron chi connectivity index (χ4n) is 1.71. The van der Waals surface area contributed by atoms with E-state index in [9.17, 15) is 4.79 Å². The molecule has 1 rings (SSSR count). The fourth-order valence-corrected chi connectivity index (χ4v) is 1.91. The molecule has 118 valence electrons. The number of benzene rings is 1. The predicted molar refractivity (Wildman–Crippen MR) is 85.6 cm³/mol. The quantitative estimate of drug-likeness (QED) is 0.847. The van der Waals surface area contributed by atoms with E-state index in [1.807, 2.05) is 0 Å². The molecule has 0 aliphatic rings. The highest BCUT2D eigenvalue weighted by Gasteiger charge is 2.13. The maximum absolute atomic E-state index is 11.9. The average Bonchev–Trinajstić information content (AvgIpc) is 2.39. The van der Waals surface area contributed by atoms with Crippen molar-refractivity contribution in [3.8, 4) is 11.5 Å². The molecule has 0 bridgehead atoms. The van der Waals surface area contributed by atoms with Gasteiger partial charge in [0.1, 0.15) is 0 Å². The van der Waals surface area contributed by atoms with Gasteiger partial charge in [-0.15, -0.1) is 0 Å². The van der Waals surface area contributed by atoms with Crippen molar-refractivity contribution in [1.82, 2.24) is 5.32 Å². The topological polar surface area (TPSA) is 59.6 Å². The first-order valence-electron chi connectivity index (χ1n) is 6.73. The van der Waals surface area contributed by atoms with Gasteiger partial charge in [0.15, 0.2) is 11.5 Å². The van der Waals surface area contributed by atoms with Crippen LogP contribution < -0.4 is 20.1 Å². The van der Waals surface area contributed by atoms with Crippen molar-refractivity contribution in [3.05, 3.63) is 17.2 Å². The summed E-state index contributed by atoms with van der Waals surface area (Å²) < 4.78 is 10.3. The van der Waals surface area contributed by atoms with Gasteiger partial charge in [0.2, 0.25) is 5.91 Å². The summed E-state index contributed by atoms with van der Waals surface area (Å²) in [6.45, 7) is 6.75. The molecule has 6 heteroatoms. The lowest BCUT2D eigenvalue weighted by atomic mass is 10.1. The van der Waals surface area contributed by atoms with Gasteiger partial charge in [-0.05, 0) is 20.8 Å². The van der Waals surface area contributed by atoms with Crippen molar-refractivity contribution in [2.45, 2.75) is 32.7 Å². The minimum absolute atomic E-state index is 0.0126. The molecular weight excluding hydrogens is 292 g/mol. The van der Waals surface area contributed by atoms with Gasteiger partial charge < -0.3 is 20.1 Å². The monoisotopic (exact) mass is 314 g/mol. The van der Waals surface area contributed by atoms with Gasteiger partial charge in [-0.2, -0.15) is 0 Å². The van der Waals surface area contributed by atoms with Crippen LogP contribution in [0.1, 0.15) is 27.2 Å². The average molecular weight is 315 g/mol. The molecule has 0 unspecified atom stereocenters. The Morgan fingerprint density at radius 3 is 2.29 bits per heavy atom. The summed E-state index contributed by atoms with van der Waals surface area (Å²) >= 11 is 6.12. The van der Waals surface area contributed by atoms with Gasteiger partial charge >= 0.3 is 0 Å². The number of amides is 1. The van der Waals surface area contributed by atoms with E-state index in [4.69, 9.17) is 21.1 Å². The summed E-state index contributed by atoms with van der Waals surface area (Å²) in [6, 6.07) is 3.26. The molecule has 21 heavy (non-hydrogen) atoms. The largest absolute Gasteiger partial charge is 0.493 e. The number of carbonyl (C=O) groups excluding carboxylic acids is 1. The van der Waals surface area contributed by atoms with Crippen LogP contribution in [0.25, 0.3) is 0 Å². The first kappa shape index (κ1) is 17.6. The number of hydrogen-bond donors (Lipinski definition) is 2. The molecule has 0 aromatic heterocycles. The van der Waals surface area contributed by atoms with Crippen LogP contribution in [0.5, 0.6) is 11.5 Å². The Labute approximate surface area is 131 Å². The van der Waals surface area contributed by atoms with Crippen LogP contribution in [-0.4, -0.2) is 32.2 Å². The molecule has 0 radical (unpaired) electrons. The highest BCUT2D eigenvalue weighted by Crippen LogP contribution is 2.35. The zero-order chi connectivity index (χ0) is 16.0. The summed E-state index contributed by atoms with van der Waals surface area (Å²) in [6.07, 6.45) is 0.363. The number of anilines is 1. The molecule has 0 atom stereocenters. The second kappa shape index (κ2) is 7.52. The number of carbonyl (C=O) groups is 1. The van der Waals surface area contributed by atoms with E-state index in [0.717, 1.165) is 0 Å². The maximum atomic E-state index is 11.9. The van der Waals surface area contributed by atoms with Crippen molar-refractivity contribution in [1.29, 1.82) is 0 Å². The van der Waals surface area contributed by atoms with Gasteiger partial charge in [-0.1, -0.05) is 11.6 Å². The Balaban J connectivity index is 2.68. The highest BCUT2D eigenvalue weighted by atomic mass is 35.5. The molecule has 0 spiro atoms. The number of hydrogen-bond acceptors (Lipinski definition) is 4. The van der Waals surface area contributed by atoms with E-state index < -0.39 is 0 Å². The van der Waals surface area contributed by atoms with Crippen molar-refractivity contribution >= 4 is 23.2 Å². The van der Waals surface area contributed by atoms with Crippen LogP contribution in [0.3, 0.4) is 0 Å². The minimum Gasteiger partial charge on any atom is -0.493 e. The van der Waals surface area contributed by atoms with E-state index in [-0.39, 0.29) is 11.4 Å². The van der Waals surface area contributed by atoms with Gasteiger partial charge in [0.05, 0.1) is 24.9 Å². The molecule has 0 fully saturated rings. The molecule has 0 saturated heterocycles. The Kier molecular flexibility index (Phi) is 6.30. The molecule has 1 aromatic rings. The number of nitrogens with one attached hydrogen (secondary N) is 2. The standard InChI is InChI=1S/C15H23ClN2O3/c1-15(2,3)17-7-6-14(19)18-11-9-13(21-5)12(20-4)8-10(11)16/h8-9,17H,6-7H2,1-5H3,(H,18,19). The Morgan fingerprint density at radius 1 is 1.19 bits per heavy atom. The van der Waals surface area contributed by atoms with Crippen LogP contribution >= 0.6 is 11.6 Å². The lowest BCUT2D eigenvalue weighted by molar-refractivity contribution is -0.116. The summed E-state index contributed by atoms with van der Waals surface area (Å²) in [7, 11) is 3.06. The third kappa shape index (κ3) is 5.81. The third-order valence-corrected chi connectivity index (χ3v) is 3.07. The normalized spacial score (nSPS) is 11.1. The number of rotatable bonds is 6. The predicted octanol–water partition coefficient (Wildman–Crippen LogP) is 3.07. The Bertz CT molecular complexity index is 498. The smallest absolute Gasteiger partial charge is 0.225 e. The van der Waals surface area contributed by atoms with Crippen molar-refractivity contribution in [2.75, 3.05) is 26.1 Å². The maximum Gasteiger partial charge on any atom is 0.225 e. The molecular formula is C15H23ClN2O3.